The number of fused-ring (bicyclic) bond motifs is 1. The van der Waals surface area contributed by atoms with Crippen molar-refractivity contribution in [1.29, 1.82) is 0 Å². The van der Waals surface area contributed by atoms with Crippen LogP contribution in [0.5, 0.6) is 0 Å². The van der Waals surface area contributed by atoms with Crippen molar-refractivity contribution < 1.29 is 23.9 Å². The van der Waals surface area contributed by atoms with E-state index in [0.717, 1.165) is 4.90 Å². The van der Waals surface area contributed by atoms with Gasteiger partial charge in [-0.1, -0.05) is 36.4 Å². The number of carbonyl (C=O) groups is 4. The van der Waals surface area contributed by atoms with Crippen molar-refractivity contribution in [2.45, 2.75) is 12.8 Å². The molecule has 0 bridgehead atoms. The van der Waals surface area contributed by atoms with Crippen molar-refractivity contribution in [2.75, 3.05) is 25.1 Å². The summed E-state index contributed by atoms with van der Waals surface area (Å²) < 4.78 is 5.00. The number of imide groups is 1. The SMILES string of the molecule is CN(C(=O)COC(=O)CCN1C(=O)Cc2ccccc2C1=O)c1ccccc1. The second-order valence-corrected chi connectivity index (χ2v) is 6.38. The maximum atomic E-state index is 12.4. The predicted molar refractivity (Wildman–Crippen MR) is 102 cm³/mol. The van der Waals surface area contributed by atoms with Crippen LogP contribution in [0.3, 0.4) is 0 Å². The first-order valence-corrected chi connectivity index (χ1v) is 8.87. The van der Waals surface area contributed by atoms with Crippen molar-refractivity contribution >= 4 is 29.4 Å². The average molecular weight is 380 g/mol. The molecule has 1 aliphatic rings. The quantitative estimate of drug-likeness (QED) is 0.564. The Hall–Kier alpha value is -3.48. The lowest BCUT2D eigenvalue weighted by Gasteiger charge is -2.26. The summed E-state index contributed by atoms with van der Waals surface area (Å²) in [5.74, 6) is -1.79. The van der Waals surface area contributed by atoms with Gasteiger partial charge >= 0.3 is 5.97 Å². The summed E-state index contributed by atoms with van der Waals surface area (Å²) in [6.45, 7) is -0.484. The molecule has 2 aromatic carbocycles. The van der Waals surface area contributed by atoms with Gasteiger partial charge in [0.2, 0.25) is 5.91 Å². The molecule has 7 heteroatoms. The van der Waals surface area contributed by atoms with E-state index < -0.39 is 18.5 Å². The van der Waals surface area contributed by atoms with Crippen molar-refractivity contribution in [1.82, 2.24) is 4.90 Å². The molecule has 0 spiro atoms. The third kappa shape index (κ3) is 4.25. The molecule has 0 aromatic heterocycles. The molecule has 144 valence electrons. The Balaban J connectivity index is 1.50. The number of benzene rings is 2. The second-order valence-electron chi connectivity index (χ2n) is 6.38. The number of hydrogen-bond acceptors (Lipinski definition) is 5. The minimum atomic E-state index is -0.644. The van der Waals surface area contributed by atoms with Crippen LogP contribution in [0.15, 0.2) is 54.6 Å². The molecule has 0 unspecified atom stereocenters. The molecule has 1 heterocycles. The molecule has 0 atom stereocenters. The monoisotopic (exact) mass is 380 g/mol. The third-order valence-electron chi connectivity index (χ3n) is 4.55. The average Bonchev–Trinajstić information content (AvgIpc) is 2.72. The van der Waals surface area contributed by atoms with Crippen LogP contribution in [-0.2, 0) is 25.5 Å². The summed E-state index contributed by atoms with van der Waals surface area (Å²) in [6.07, 6.45) is -0.0424. The lowest BCUT2D eigenvalue weighted by atomic mass is 9.98. The van der Waals surface area contributed by atoms with Gasteiger partial charge in [-0.15, -0.1) is 0 Å². The van der Waals surface area contributed by atoms with Crippen molar-refractivity contribution in [2.24, 2.45) is 0 Å². The van der Waals surface area contributed by atoms with Gasteiger partial charge in [0.15, 0.2) is 6.61 Å². The van der Waals surface area contributed by atoms with Crippen molar-refractivity contribution in [3.05, 3.63) is 65.7 Å². The van der Waals surface area contributed by atoms with E-state index >= 15 is 0 Å². The Kier molecular flexibility index (Phi) is 5.84. The molecule has 1 aliphatic heterocycles. The number of likely N-dealkylation sites (N-methyl/N-ethyl adjacent to an activating group) is 1. The van der Waals surface area contributed by atoms with Crippen molar-refractivity contribution in [3.8, 4) is 0 Å². The van der Waals surface area contributed by atoms with E-state index in [0.29, 0.717) is 16.8 Å². The number of rotatable bonds is 6. The van der Waals surface area contributed by atoms with Gasteiger partial charge in [-0.2, -0.15) is 0 Å². The number of para-hydroxylation sites is 1. The first-order chi connectivity index (χ1) is 13.5. The van der Waals surface area contributed by atoms with Crippen LogP contribution in [0, 0.1) is 0 Å². The first kappa shape index (κ1) is 19.3. The fourth-order valence-electron chi connectivity index (χ4n) is 2.94. The summed E-state index contributed by atoms with van der Waals surface area (Å²) in [6, 6.07) is 15.9. The highest BCUT2D eigenvalue weighted by atomic mass is 16.5. The smallest absolute Gasteiger partial charge is 0.308 e. The largest absolute Gasteiger partial charge is 0.455 e. The Morgan fingerprint density at radius 1 is 1.04 bits per heavy atom. The first-order valence-electron chi connectivity index (χ1n) is 8.87. The van der Waals surface area contributed by atoms with E-state index in [1.54, 1.807) is 55.6 Å². The molecule has 0 aliphatic carbocycles. The molecule has 3 rings (SSSR count). The Morgan fingerprint density at radius 3 is 2.46 bits per heavy atom. The number of carbonyl (C=O) groups excluding carboxylic acids is 4. The van der Waals surface area contributed by atoms with E-state index in [2.05, 4.69) is 0 Å². The van der Waals surface area contributed by atoms with Gasteiger partial charge in [-0.05, 0) is 23.8 Å². The van der Waals surface area contributed by atoms with E-state index in [4.69, 9.17) is 4.74 Å². The van der Waals surface area contributed by atoms with Crippen LogP contribution in [0.2, 0.25) is 0 Å². The molecule has 28 heavy (non-hydrogen) atoms. The molecular formula is C21H20N2O5. The standard InChI is InChI=1S/C21H20N2O5/c1-22(16-8-3-2-4-9-16)19(25)14-28-20(26)11-12-23-18(24)13-15-7-5-6-10-17(15)21(23)27/h2-10H,11-14H2,1H3. The maximum Gasteiger partial charge on any atom is 0.308 e. The minimum Gasteiger partial charge on any atom is -0.455 e. The van der Waals surface area contributed by atoms with Crippen LogP contribution >= 0.6 is 0 Å². The van der Waals surface area contributed by atoms with Crippen LogP contribution < -0.4 is 4.90 Å². The van der Waals surface area contributed by atoms with Gasteiger partial charge in [-0.3, -0.25) is 24.1 Å². The Labute approximate surface area is 162 Å². The number of hydrogen-bond donors (Lipinski definition) is 0. The van der Waals surface area contributed by atoms with E-state index in [1.165, 1.54) is 4.90 Å². The highest BCUT2D eigenvalue weighted by Crippen LogP contribution is 2.19. The summed E-state index contributed by atoms with van der Waals surface area (Å²) in [5.41, 5.74) is 1.84. The summed E-state index contributed by atoms with van der Waals surface area (Å²) in [4.78, 5) is 51.2. The second kappa shape index (κ2) is 8.47. The zero-order valence-corrected chi connectivity index (χ0v) is 15.5. The fraction of sp³-hybridized carbons (Fsp3) is 0.238. The summed E-state index contributed by atoms with van der Waals surface area (Å²) in [7, 11) is 1.59. The van der Waals surface area contributed by atoms with Gasteiger partial charge in [0.05, 0.1) is 12.8 Å². The maximum absolute atomic E-state index is 12.4. The highest BCUT2D eigenvalue weighted by molar-refractivity contribution is 6.09. The van der Waals surface area contributed by atoms with Crippen LogP contribution in [0.4, 0.5) is 5.69 Å². The van der Waals surface area contributed by atoms with Gasteiger partial charge in [0.1, 0.15) is 0 Å². The zero-order valence-electron chi connectivity index (χ0n) is 15.5. The van der Waals surface area contributed by atoms with Gasteiger partial charge < -0.3 is 9.64 Å². The van der Waals surface area contributed by atoms with Crippen LogP contribution in [0.25, 0.3) is 0 Å². The number of esters is 1. The Bertz CT molecular complexity index is 910. The number of ether oxygens (including phenoxy) is 1. The zero-order chi connectivity index (χ0) is 20.1. The molecule has 0 saturated heterocycles. The fourth-order valence-corrected chi connectivity index (χ4v) is 2.94. The van der Waals surface area contributed by atoms with E-state index in [-0.39, 0.29) is 31.2 Å². The van der Waals surface area contributed by atoms with E-state index in [1.807, 2.05) is 6.07 Å². The highest BCUT2D eigenvalue weighted by Gasteiger charge is 2.30. The molecule has 7 nitrogen and oxygen atoms in total. The molecule has 3 amide bonds. The Morgan fingerprint density at radius 2 is 1.71 bits per heavy atom. The van der Waals surface area contributed by atoms with Gasteiger partial charge in [0, 0.05) is 24.8 Å². The number of amides is 3. The summed E-state index contributed by atoms with van der Waals surface area (Å²) >= 11 is 0. The molecule has 0 N–H and O–H groups in total. The normalized spacial score (nSPS) is 13.1. The lowest BCUT2D eigenvalue weighted by molar-refractivity contribution is -0.148. The number of nitrogens with zero attached hydrogens (tertiary/aromatic N) is 2. The van der Waals surface area contributed by atoms with Crippen molar-refractivity contribution in [3.63, 3.8) is 0 Å². The topological polar surface area (TPSA) is 84.0 Å². The number of anilines is 1. The van der Waals surface area contributed by atoms with Gasteiger partial charge in [-0.25, -0.2) is 0 Å². The lowest BCUT2D eigenvalue weighted by Crippen LogP contribution is -2.43. The van der Waals surface area contributed by atoms with Gasteiger partial charge in [0.25, 0.3) is 11.8 Å². The molecular weight excluding hydrogens is 360 g/mol. The van der Waals surface area contributed by atoms with Crippen LogP contribution in [0.1, 0.15) is 22.3 Å². The molecule has 0 saturated carbocycles. The molecule has 0 radical (unpaired) electrons. The minimum absolute atomic E-state index is 0.0758. The predicted octanol–water partition coefficient (Wildman–Crippen LogP) is 1.81. The third-order valence-corrected chi connectivity index (χ3v) is 4.55. The van der Waals surface area contributed by atoms with Crippen LogP contribution in [-0.4, -0.2) is 48.8 Å². The molecule has 2 aromatic rings. The molecule has 0 fully saturated rings. The van der Waals surface area contributed by atoms with E-state index in [9.17, 15) is 19.2 Å². The summed E-state index contributed by atoms with van der Waals surface area (Å²) in [5, 5.41) is 0.